The van der Waals surface area contributed by atoms with Crippen molar-refractivity contribution in [3.8, 4) is 67.8 Å². The molecule has 0 unspecified atom stereocenters. The zero-order chi connectivity index (χ0) is 50.7. The summed E-state index contributed by atoms with van der Waals surface area (Å²) < 4.78 is 0. The van der Waals surface area contributed by atoms with Gasteiger partial charge in [-0.1, -0.05) is 199 Å². The molecule has 74 heavy (non-hydrogen) atoms. The lowest BCUT2D eigenvalue weighted by atomic mass is 9.99. The number of aryl methyl sites for hydroxylation is 6. The van der Waals surface area contributed by atoms with Gasteiger partial charge in [0.25, 0.3) is 0 Å². The van der Waals surface area contributed by atoms with Crippen molar-refractivity contribution in [1.82, 2.24) is 29.9 Å². The van der Waals surface area contributed by atoms with E-state index in [2.05, 4.69) is 180 Å². The Hall–Kier alpha value is -9.40. The Morgan fingerprint density at radius 3 is 0.959 bits per heavy atom. The highest BCUT2D eigenvalue weighted by Crippen LogP contribution is 2.44. The minimum atomic E-state index is 0.342. The van der Waals surface area contributed by atoms with Crippen molar-refractivity contribution < 1.29 is 0 Å². The van der Waals surface area contributed by atoms with Gasteiger partial charge < -0.3 is 4.90 Å². The Kier molecular flexibility index (Phi) is 12.9. The molecule has 8 nitrogen and oxygen atoms in total. The number of nitrogens with zero attached hydrogens (tertiary/aromatic N) is 8. The molecule has 2 heterocycles. The van der Waals surface area contributed by atoms with E-state index in [1.807, 2.05) is 89.8 Å². The van der Waals surface area contributed by atoms with Crippen LogP contribution in [0.5, 0.6) is 0 Å². The fourth-order valence-corrected chi connectivity index (χ4v) is 10.0. The molecule has 0 aliphatic heterocycles. The van der Waals surface area contributed by atoms with E-state index < -0.39 is 0 Å². The standard InChI is InChI=1S/C66H54N8/c1-43-38-45(3)59(46(4)39-43)73(60-47(5)40-44(2)41-48(60)6)57-34-36-58(37-35-57)74(65-69-61(52-24-15-9-16-25-52)67-63(71-65)54-32-30-51(31-33-54)49-20-11-7-12-21-49)66-70-62(53-26-17-10-18-27-53)68-64(72-66)56-29-19-28-55(42-56)50-22-13-8-14-23-50/h7-42H,1-6H3. The maximum atomic E-state index is 5.38. The summed E-state index contributed by atoms with van der Waals surface area (Å²) in [5.41, 5.74) is 19.0. The molecule has 9 aromatic carbocycles. The van der Waals surface area contributed by atoms with Crippen molar-refractivity contribution in [2.45, 2.75) is 41.5 Å². The van der Waals surface area contributed by atoms with Crippen LogP contribution in [0.15, 0.2) is 218 Å². The van der Waals surface area contributed by atoms with Crippen LogP contribution in [-0.4, -0.2) is 29.9 Å². The van der Waals surface area contributed by atoms with Gasteiger partial charge in [0.2, 0.25) is 11.9 Å². The molecule has 0 radical (unpaired) electrons. The van der Waals surface area contributed by atoms with Gasteiger partial charge in [-0.25, -0.2) is 14.9 Å². The molecule has 0 N–H and O–H groups in total. The molecule has 2 aromatic heterocycles. The number of hydrogen-bond donors (Lipinski definition) is 0. The van der Waals surface area contributed by atoms with Gasteiger partial charge in [-0.15, -0.1) is 0 Å². The summed E-state index contributed by atoms with van der Waals surface area (Å²) in [6, 6.07) is 75.1. The highest BCUT2D eigenvalue weighted by molar-refractivity contribution is 5.86. The third-order valence-corrected chi connectivity index (χ3v) is 13.3. The average Bonchev–Trinajstić information content (AvgIpc) is 3.43. The monoisotopic (exact) mass is 958 g/mol. The third-order valence-electron chi connectivity index (χ3n) is 13.3. The average molecular weight is 959 g/mol. The summed E-state index contributed by atoms with van der Waals surface area (Å²) in [4.78, 5) is 36.0. The molecular formula is C66H54N8. The predicted octanol–water partition coefficient (Wildman–Crippen LogP) is 16.8. The van der Waals surface area contributed by atoms with Gasteiger partial charge in [0, 0.05) is 27.9 Å². The lowest BCUT2D eigenvalue weighted by molar-refractivity contribution is 0.964. The summed E-state index contributed by atoms with van der Waals surface area (Å²) in [5, 5.41) is 0. The Balaban J connectivity index is 1.15. The second kappa shape index (κ2) is 20.4. The van der Waals surface area contributed by atoms with Gasteiger partial charge in [0.15, 0.2) is 23.3 Å². The van der Waals surface area contributed by atoms with Crippen molar-refractivity contribution in [3.63, 3.8) is 0 Å². The number of anilines is 6. The molecule has 11 aromatic rings. The minimum absolute atomic E-state index is 0.342. The molecule has 11 rings (SSSR count). The lowest BCUT2D eigenvalue weighted by Crippen LogP contribution is -2.19. The first-order chi connectivity index (χ1) is 36.1. The Morgan fingerprint density at radius 2 is 0.541 bits per heavy atom. The zero-order valence-electron chi connectivity index (χ0n) is 42.4. The van der Waals surface area contributed by atoms with Gasteiger partial charge in [-0.2, -0.15) is 19.9 Å². The Bertz CT molecular complexity index is 3670. The van der Waals surface area contributed by atoms with Crippen molar-refractivity contribution >= 4 is 34.6 Å². The molecule has 0 saturated heterocycles. The van der Waals surface area contributed by atoms with Gasteiger partial charge in [-0.05, 0) is 116 Å². The third kappa shape index (κ3) is 9.69. The Morgan fingerprint density at radius 1 is 0.243 bits per heavy atom. The van der Waals surface area contributed by atoms with Gasteiger partial charge in [-0.3, -0.25) is 0 Å². The highest BCUT2D eigenvalue weighted by Gasteiger charge is 2.26. The number of aromatic nitrogens is 6. The molecule has 0 bridgehead atoms. The summed E-state index contributed by atoms with van der Waals surface area (Å²) in [6.45, 7) is 13.1. The molecule has 0 atom stereocenters. The molecule has 0 fully saturated rings. The molecule has 0 saturated carbocycles. The van der Waals surface area contributed by atoms with E-state index in [1.54, 1.807) is 0 Å². The molecule has 8 heteroatoms. The van der Waals surface area contributed by atoms with E-state index in [0.717, 1.165) is 67.3 Å². The van der Waals surface area contributed by atoms with Crippen LogP contribution in [0.4, 0.5) is 34.6 Å². The van der Waals surface area contributed by atoms with Gasteiger partial charge in [0.05, 0.1) is 17.1 Å². The van der Waals surface area contributed by atoms with Crippen molar-refractivity contribution in [1.29, 1.82) is 0 Å². The summed E-state index contributed by atoms with van der Waals surface area (Å²) >= 11 is 0. The normalized spacial score (nSPS) is 11.1. The number of benzene rings is 9. The molecule has 0 spiro atoms. The predicted molar refractivity (Wildman–Crippen MR) is 304 cm³/mol. The minimum Gasteiger partial charge on any atom is -0.309 e. The SMILES string of the molecule is Cc1cc(C)c(N(c2ccc(N(c3nc(-c4ccccc4)nc(-c4ccc(-c5ccccc5)cc4)n3)c3nc(-c4ccccc4)nc(-c4cccc(-c5ccccc5)c4)n3)cc2)c2c(C)cc(C)cc2C)c(C)c1. The topological polar surface area (TPSA) is 83.8 Å². The summed E-state index contributed by atoms with van der Waals surface area (Å²) in [6.07, 6.45) is 0. The van der Waals surface area contributed by atoms with Crippen LogP contribution in [0, 0.1) is 41.5 Å². The van der Waals surface area contributed by atoms with E-state index in [1.165, 1.54) is 33.4 Å². The quantitative estimate of drug-likeness (QED) is 0.120. The summed E-state index contributed by atoms with van der Waals surface area (Å²) in [7, 11) is 0. The van der Waals surface area contributed by atoms with E-state index >= 15 is 0 Å². The molecule has 358 valence electrons. The van der Waals surface area contributed by atoms with E-state index in [9.17, 15) is 0 Å². The van der Waals surface area contributed by atoms with E-state index in [0.29, 0.717) is 35.2 Å². The molecule has 0 aliphatic rings. The first-order valence-corrected chi connectivity index (χ1v) is 24.9. The molecular weight excluding hydrogens is 905 g/mol. The largest absolute Gasteiger partial charge is 0.309 e. The van der Waals surface area contributed by atoms with Gasteiger partial charge >= 0.3 is 0 Å². The molecule has 0 aliphatic carbocycles. The highest BCUT2D eigenvalue weighted by atomic mass is 15.4. The van der Waals surface area contributed by atoms with Crippen molar-refractivity contribution in [3.05, 3.63) is 252 Å². The fraction of sp³-hybridized carbons (Fsp3) is 0.0909. The van der Waals surface area contributed by atoms with Crippen LogP contribution in [-0.2, 0) is 0 Å². The van der Waals surface area contributed by atoms with E-state index in [4.69, 9.17) is 29.9 Å². The van der Waals surface area contributed by atoms with Crippen molar-refractivity contribution in [2.24, 2.45) is 0 Å². The van der Waals surface area contributed by atoms with Crippen LogP contribution < -0.4 is 9.80 Å². The summed E-state index contributed by atoms with van der Waals surface area (Å²) in [5.74, 6) is 2.71. The first-order valence-electron chi connectivity index (χ1n) is 24.9. The second-order valence-electron chi connectivity index (χ2n) is 18.9. The fourth-order valence-electron chi connectivity index (χ4n) is 10.0. The number of rotatable bonds is 12. The van der Waals surface area contributed by atoms with Crippen LogP contribution >= 0.6 is 0 Å². The van der Waals surface area contributed by atoms with Gasteiger partial charge in [0.1, 0.15) is 0 Å². The second-order valence-corrected chi connectivity index (χ2v) is 18.9. The van der Waals surface area contributed by atoms with E-state index in [-0.39, 0.29) is 0 Å². The molecule has 0 amide bonds. The Labute approximate surface area is 433 Å². The lowest BCUT2D eigenvalue weighted by Gasteiger charge is -2.32. The maximum absolute atomic E-state index is 5.38. The van der Waals surface area contributed by atoms with Crippen LogP contribution in [0.1, 0.15) is 33.4 Å². The number of hydrogen-bond acceptors (Lipinski definition) is 8. The van der Waals surface area contributed by atoms with Crippen LogP contribution in [0.25, 0.3) is 67.8 Å². The first kappa shape index (κ1) is 47.0. The van der Waals surface area contributed by atoms with Crippen molar-refractivity contribution in [2.75, 3.05) is 9.80 Å². The van der Waals surface area contributed by atoms with Crippen LogP contribution in [0.3, 0.4) is 0 Å². The maximum Gasteiger partial charge on any atom is 0.241 e. The van der Waals surface area contributed by atoms with Crippen LogP contribution in [0.2, 0.25) is 0 Å². The zero-order valence-corrected chi connectivity index (χ0v) is 42.4. The smallest absolute Gasteiger partial charge is 0.241 e.